The van der Waals surface area contributed by atoms with Crippen LogP contribution in [-0.4, -0.2) is 22.3 Å². The number of aromatic nitrogens is 2. The van der Waals surface area contributed by atoms with Crippen molar-refractivity contribution in [1.29, 1.82) is 0 Å². The van der Waals surface area contributed by atoms with Crippen LogP contribution >= 0.6 is 24.0 Å². The summed E-state index contributed by atoms with van der Waals surface area (Å²) in [5.41, 5.74) is 6.25. The van der Waals surface area contributed by atoms with Crippen molar-refractivity contribution in [2.75, 3.05) is 6.54 Å². The van der Waals surface area contributed by atoms with E-state index in [-0.39, 0.29) is 24.0 Å². The molecule has 0 amide bonds. The molecule has 0 radical (unpaired) electrons. The first-order valence-corrected chi connectivity index (χ1v) is 9.20. The number of nitrogens with one attached hydrogen (secondary N) is 2. The van der Waals surface area contributed by atoms with Gasteiger partial charge in [0.1, 0.15) is 0 Å². The van der Waals surface area contributed by atoms with Crippen molar-refractivity contribution in [2.45, 2.75) is 53.6 Å². The first-order chi connectivity index (χ1) is 12.1. The molecule has 5 nitrogen and oxygen atoms in total. The predicted octanol–water partition coefficient (Wildman–Crippen LogP) is 3.73. The summed E-state index contributed by atoms with van der Waals surface area (Å²) < 4.78 is 2.01. The second kappa shape index (κ2) is 11.2. The van der Waals surface area contributed by atoms with Crippen LogP contribution < -0.4 is 10.6 Å². The van der Waals surface area contributed by atoms with Gasteiger partial charge in [-0.1, -0.05) is 43.7 Å². The van der Waals surface area contributed by atoms with Crippen LogP contribution in [0.15, 0.2) is 29.3 Å². The SMILES string of the molecule is CCNC(=NCc1cccc(C)c1)NCc1c(CC)nn(C)c1CC.I. The van der Waals surface area contributed by atoms with Gasteiger partial charge in [0, 0.05) is 31.4 Å². The summed E-state index contributed by atoms with van der Waals surface area (Å²) in [6.45, 7) is 10.8. The Hall–Kier alpha value is -1.57. The fourth-order valence-corrected chi connectivity index (χ4v) is 3.09. The van der Waals surface area contributed by atoms with Crippen LogP contribution in [0.1, 0.15) is 48.8 Å². The third kappa shape index (κ3) is 6.00. The predicted molar refractivity (Wildman–Crippen MR) is 120 cm³/mol. The Kier molecular flexibility index (Phi) is 9.69. The van der Waals surface area contributed by atoms with E-state index in [1.807, 2.05) is 11.7 Å². The van der Waals surface area contributed by atoms with Crippen LogP contribution in [0.4, 0.5) is 0 Å². The molecule has 0 aliphatic heterocycles. The maximum Gasteiger partial charge on any atom is 0.191 e. The zero-order valence-corrected chi connectivity index (χ0v) is 18.9. The average Bonchev–Trinajstić information content (AvgIpc) is 2.92. The largest absolute Gasteiger partial charge is 0.357 e. The number of aryl methyl sites for hydroxylation is 3. The highest BCUT2D eigenvalue weighted by Gasteiger charge is 2.13. The van der Waals surface area contributed by atoms with Gasteiger partial charge in [0.25, 0.3) is 0 Å². The highest BCUT2D eigenvalue weighted by atomic mass is 127. The summed E-state index contributed by atoms with van der Waals surface area (Å²) in [5, 5.41) is 11.4. The molecular weight excluding hydrogens is 437 g/mol. The second-order valence-corrected chi connectivity index (χ2v) is 6.24. The Balaban J connectivity index is 0.00000338. The highest BCUT2D eigenvalue weighted by Crippen LogP contribution is 2.15. The zero-order chi connectivity index (χ0) is 18.2. The number of guanidine groups is 1. The van der Waals surface area contributed by atoms with E-state index in [9.17, 15) is 0 Å². The lowest BCUT2D eigenvalue weighted by Gasteiger charge is -2.12. The van der Waals surface area contributed by atoms with Crippen LogP contribution in [-0.2, 0) is 33.0 Å². The van der Waals surface area contributed by atoms with Gasteiger partial charge < -0.3 is 10.6 Å². The van der Waals surface area contributed by atoms with Gasteiger partial charge in [-0.05, 0) is 32.3 Å². The van der Waals surface area contributed by atoms with E-state index in [1.165, 1.54) is 28.1 Å². The van der Waals surface area contributed by atoms with Crippen molar-refractivity contribution in [1.82, 2.24) is 20.4 Å². The number of halogens is 1. The van der Waals surface area contributed by atoms with E-state index < -0.39 is 0 Å². The maximum absolute atomic E-state index is 4.72. The van der Waals surface area contributed by atoms with E-state index in [0.717, 1.165) is 31.9 Å². The van der Waals surface area contributed by atoms with Crippen LogP contribution in [0.5, 0.6) is 0 Å². The van der Waals surface area contributed by atoms with Gasteiger partial charge in [0.2, 0.25) is 0 Å². The minimum atomic E-state index is 0. The van der Waals surface area contributed by atoms with E-state index in [0.29, 0.717) is 6.54 Å². The number of rotatable bonds is 7. The van der Waals surface area contributed by atoms with Crippen molar-refractivity contribution < 1.29 is 0 Å². The average molecular weight is 469 g/mol. The van der Waals surface area contributed by atoms with Gasteiger partial charge in [-0.15, -0.1) is 24.0 Å². The van der Waals surface area contributed by atoms with Crippen LogP contribution in [0, 0.1) is 6.92 Å². The van der Waals surface area contributed by atoms with Crippen molar-refractivity contribution >= 4 is 29.9 Å². The van der Waals surface area contributed by atoms with Crippen LogP contribution in [0.25, 0.3) is 0 Å². The minimum Gasteiger partial charge on any atom is -0.357 e. The van der Waals surface area contributed by atoms with Gasteiger partial charge in [-0.3, -0.25) is 4.68 Å². The first-order valence-electron chi connectivity index (χ1n) is 9.20. The van der Waals surface area contributed by atoms with Crippen molar-refractivity contribution in [2.24, 2.45) is 12.0 Å². The van der Waals surface area contributed by atoms with Crippen LogP contribution in [0.3, 0.4) is 0 Å². The topological polar surface area (TPSA) is 54.2 Å². The molecule has 2 aromatic rings. The summed E-state index contributed by atoms with van der Waals surface area (Å²) in [4.78, 5) is 4.72. The molecule has 0 saturated heterocycles. The molecule has 1 heterocycles. The lowest BCUT2D eigenvalue weighted by molar-refractivity contribution is 0.702. The number of nitrogens with zero attached hydrogens (tertiary/aromatic N) is 3. The molecule has 2 rings (SSSR count). The smallest absolute Gasteiger partial charge is 0.191 e. The fourth-order valence-electron chi connectivity index (χ4n) is 3.09. The zero-order valence-electron chi connectivity index (χ0n) is 16.6. The van der Waals surface area contributed by atoms with Gasteiger partial charge in [0.05, 0.1) is 12.2 Å². The van der Waals surface area contributed by atoms with Crippen molar-refractivity contribution in [3.8, 4) is 0 Å². The number of aliphatic imine (C=N–C) groups is 1. The Bertz CT molecular complexity index is 721. The summed E-state index contributed by atoms with van der Waals surface area (Å²) in [5.74, 6) is 0.844. The lowest BCUT2D eigenvalue weighted by Crippen LogP contribution is -2.37. The van der Waals surface area contributed by atoms with E-state index >= 15 is 0 Å². The third-order valence-electron chi connectivity index (χ3n) is 4.31. The summed E-state index contributed by atoms with van der Waals surface area (Å²) in [6.07, 6.45) is 1.93. The molecule has 0 aliphatic rings. The minimum absolute atomic E-state index is 0. The quantitative estimate of drug-likeness (QED) is 0.369. The molecule has 144 valence electrons. The molecule has 1 aromatic carbocycles. The summed E-state index contributed by atoms with van der Waals surface area (Å²) in [7, 11) is 2.03. The summed E-state index contributed by atoms with van der Waals surface area (Å²) in [6, 6.07) is 8.49. The molecule has 0 saturated carbocycles. The van der Waals surface area contributed by atoms with Crippen molar-refractivity contribution in [3.63, 3.8) is 0 Å². The number of hydrogen-bond donors (Lipinski definition) is 2. The molecule has 2 N–H and O–H groups in total. The Morgan fingerprint density at radius 1 is 1.15 bits per heavy atom. The Morgan fingerprint density at radius 3 is 2.54 bits per heavy atom. The first kappa shape index (κ1) is 22.5. The number of benzene rings is 1. The van der Waals surface area contributed by atoms with Gasteiger partial charge >= 0.3 is 0 Å². The lowest BCUT2D eigenvalue weighted by atomic mass is 10.1. The Labute approximate surface area is 174 Å². The monoisotopic (exact) mass is 469 g/mol. The molecule has 6 heteroatoms. The fraction of sp³-hybridized carbons (Fsp3) is 0.500. The van der Waals surface area contributed by atoms with Crippen LogP contribution in [0.2, 0.25) is 0 Å². The van der Waals surface area contributed by atoms with Gasteiger partial charge in [-0.2, -0.15) is 5.10 Å². The van der Waals surface area contributed by atoms with Crippen molar-refractivity contribution in [3.05, 3.63) is 52.3 Å². The maximum atomic E-state index is 4.72. The molecule has 0 bridgehead atoms. The molecule has 0 aliphatic carbocycles. The molecule has 0 unspecified atom stereocenters. The Morgan fingerprint density at radius 2 is 1.92 bits per heavy atom. The standard InChI is InChI=1S/C20H31N5.HI/c1-6-18-17(19(7-2)25(5)24-18)14-23-20(21-8-3)22-13-16-11-9-10-15(4)12-16;/h9-12H,6-8,13-14H2,1-5H3,(H2,21,22,23);1H. The second-order valence-electron chi connectivity index (χ2n) is 6.24. The van der Waals surface area contributed by atoms with Gasteiger partial charge in [-0.25, -0.2) is 4.99 Å². The molecule has 26 heavy (non-hydrogen) atoms. The van der Waals surface area contributed by atoms with E-state index in [2.05, 4.69) is 67.7 Å². The van der Waals surface area contributed by atoms with E-state index in [4.69, 9.17) is 4.99 Å². The number of hydrogen-bond acceptors (Lipinski definition) is 2. The molecular formula is C20H32IN5. The molecule has 0 atom stereocenters. The normalized spacial score (nSPS) is 11.2. The van der Waals surface area contributed by atoms with E-state index in [1.54, 1.807) is 0 Å². The third-order valence-corrected chi connectivity index (χ3v) is 4.31. The molecule has 1 aromatic heterocycles. The highest BCUT2D eigenvalue weighted by molar-refractivity contribution is 14.0. The van der Waals surface area contributed by atoms with Gasteiger partial charge in [0.15, 0.2) is 5.96 Å². The summed E-state index contributed by atoms with van der Waals surface area (Å²) >= 11 is 0. The molecule has 0 fully saturated rings. The molecule has 0 spiro atoms.